The van der Waals surface area contributed by atoms with Crippen LogP contribution in [-0.4, -0.2) is 27.2 Å². The monoisotopic (exact) mass is 395 g/mol. The van der Waals surface area contributed by atoms with Gasteiger partial charge in [0.2, 0.25) is 0 Å². The first-order valence-corrected chi connectivity index (χ1v) is 7.99. The van der Waals surface area contributed by atoms with Gasteiger partial charge < -0.3 is 20.1 Å². The molecule has 24 heavy (non-hydrogen) atoms. The summed E-state index contributed by atoms with van der Waals surface area (Å²) in [5.74, 6) is 1.54. The topological polar surface area (TPSA) is 54.9 Å². The molecule has 0 unspecified atom stereocenters. The highest BCUT2D eigenvalue weighted by molar-refractivity contribution is 9.10. The van der Waals surface area contributed by atoms with Crippen molar-refractivity contribution < 1.29 is 13.9 Å². The highest BCUT2D eigenvalue weighted by Gasteiger charge is 2.07. The van der Waals surface area contributed by atoms with Crippen LogP contribution in [0.15, 0.2) is 45.9 Å². The number of hydrogen-bond acceptors (Lipinski definition) is 3. The molecule has 0 amide bonds. The molecule has 0 fully saturated rings. The van der Waals surface area contributed by atoms with E-state index in [-0.39, 0.29) is 5.82 Å². The Bertz CT molecular complexity index is 718. The van der Waals surface area contributed by atoms with Crippen molar-refractivity contribution in [3.63, 3.8) is 0 Å². The lowest BCUT2D eigenvalue weighted by Crippen LogP contribution is -2.30. The predicted molar refractivity (Wildman–Crippen MR) is 97.5 cm³/mol. The average molecular weight is 396 g/mol. The maximum Gasteiger partial charge on any atom is 0.195 e. The zero-order chi connectivity index (χ0) is 17.5. The Kier molecular flexibility index (Phi) is 6.43. The molecule has 2 aromatic rings. The number of benzene rings is 2. The standard InChI is InChI=1S/C17H19BrFN3O2/c1-20-17(21-10-11-6-12(18)8-13(19)7-11)22-14-4-5-15(23-2)16(9-14)24-3/h4-9H,10H2,1-3H3,(H2,20,21,22). The number of rotatable bonds is 5. The van der Waals surface area contributed by atoms with E-state index in [0.29, 0.717) is 28.5 Å². The van der Waals surface area contributed by atoms with E-state index < -0.39 is 0 Å². The number of halogens is 2. The van der Waals surface area contributed by atoms with Gasteiger partial charge in [-0.05, 0) is 35.9 Å². The Morgan fingerprint density at radius 1 is 1.12 bits per heavy atom. The van der Waals surface area contributed by atoms with Gasteiger partial charge in [-0.2, -0.15) is 0 Å². The van der Waals surface area contributed by atoms with Gasteiger partial charge in [-0.15, -0.1) is 0 Å². The van der Waals surface area contributed by atoms with Gasteiger partial charge in [-0.3, -0.25) is 4.99 Å². The molecule has 0 saturated heterocycles. The lowest BCUT2D eigenvalue weighted by molar-refractivity contribution is 0.355. The largest absolute Gasteiger partial charge is 0.493 e. The summed E-state index contributed by atoms with van der Waals surface area (Å²) in [6.07, 6.45) is 0. The Hall–Kier alpha value is -2.28. The minimum atomic E-state index is -0.288. The van der Waals surface area contributed by atoms with Crippen LogP contribution in [0.4, 0.5) is 10.1 Å². The molecule has 2 rings (SSSR count). The highest BCUT2D eigenvalue weighted by Crippen LogP contribution is 2.29. The van der Waals surface area contributed by atoms with E-state index >= 15 is 0 Å². The normalized spacial score (nSPS) is 11.1. The van der Waals surface area contributed by atoms with Gasteiger partial charge in [0.05, 0.1) is 14.2 Å². The molecular weight excluding hydrogens is 377 g/mol. The van der Waals surface area contributed by atoms with Crippen LogP contribution in [0.2, 0.25) is 0 Å². The van der Waals surface area contributed by atoms with Crippen molar-refractivity contribution in [3.05, 3.63) is 52.3 Å². The van der Waals surface area contributed by atoms with Gasteiger partial charge in [-0.25, -0.2) is 4.39 Å². The van der Waals surface area contributed by atoms with E-state index in [9.17, 15) is 4.39 Å². The molecule has 0 saturated carbocycles. The Morgan fingerprint density at radius 2 is 1.88 bits per heavy atom. The van der Waals surface area contributed by atoms with Crippen LogP contribution in [0.25, 0.3) is 0 Å². The molecule has 0 aliphatic rings. The van der Waals surface area contributed by atoms with Crippen molar-refractivity contribution in [1.29, 1.82) is 0 Å². The quantitative estimate of drug-likeness (QED) is 0.597. The predicted octanol–water partition coefficient (Wildman–Crippen LogP) is 3.79. The molecule has 0 bridgehead atoms. The molecule has 0 radical (unpaired) electrons. The fourth-order valence-corrected chi connectivity index (χ4v) is 2.64. The molecule has 128 valence electrons. The van der Waals surface area contributed by atoms with Crippen molar-refractivity contribution >= 4 is 27.6 Å². The van der Waals surface area contributed by atoms with Crippen molar-refractivity contribution in [2.45, 2.75) is 6.54 Å². The smallest absolute Gasteiger partial charge is 0.195 e. The van der Waals surface area contributed by atoms with Gasteiger partial charge in [-0.1, -0.05) is 15.9 Å². The van der Waals surface area contributed by atoms with E-state index in [1.165, 1.54) is 12.1 Å². The van der Waals surface area contributed by atoms with Crippen LogP contribution < -0.4 is 20.1 Å². The molecular formula is C17H19BrFN3O2. The number of anilines is 1. The molecule has 0 atom stereocenters. The molecule has 7 heteroatoms. The molecule has 0 heterocycles. The minimum Gasteiger partial charge on any atom is -0.493 e. The van der Waals surface area contributed by atoms with Crippen molar-refractivity contribution in [3.8, 4) is 11.5 Å². The number of hydrogen-bond donors (Lipinski definition) is 2. The summed E-state index contributed by atoms with van der Waals surface area (Å²) in [6, 6.07) is 10.2. The first kappa shape index (κ1) is 18.1. The third-order valence-corrected chi connectivity index (χ3v) is 3.71. The highest BCUT2D eigenvalue weighted by atomic mass is 79.9. The lowest BCUT2D eigenvalue weighted by atomic mass is 10.2. The average Bonchev–Trinajstić information content (AvgIpc) is 2.57. The SMILES string of the molecule is CN=C(NCc1cc(F)cc(Br)c1)Nc1ccc(OC)c(OC)c1. The summed E-state index contributed by atoms with van der Waals surface area (Å²) >= 11 is 3.28. The number of nitrogens with one attached hydrogen (secondary N) is 2. The molecule has 5 nitrogen and oxygen atoms in total. The van der Waals surface area contributed by atoms with E-state index in [1.807, 2.05) is 18.2 Å². The molecule has 2 N–H and O–H groups in total. The van der Waals surface area contributed by atoms with Crippen molar-refractivity contribution in [1.82, 2.24) is 5.32 Å². The van der Waals surface area contributed by atoms with Gasteiger partial charge in [0.25, 0.3) is 0 Å². The maximum atomic E-state index is 13.4. The molecule has 0 aromatic heterocycles. The second-order valence-electron chi connectivity index (χ2n) is 4.90. The second-order valence-corrected chi connectivity index (χ2v) is 5.81. The third kappa shape index (κ3) is 4.86. The summed E-state index contributed by atoms with van der Waals surface area (Å²) in [5, 5.41) is 6.29. The Labute approximate surface area is 149 Å². The number of guanidine groups is 1. The molecule has 2 aromatic carbocycles. The summed E-state index contributed by atoms with van der Waals surface area (Å²) in [7, 11) is 4.83. The van der Waals surface area contributed by atoms with E-state index in [0.717, 1.165) is 11.3 Å². The second kappa shape index (κ2) is 8.54. The number of ether oxygens (including phenoxy) is 2. The van der Waals surface area contributed by atoms with Crippen LogP contribution in [0.3, 0.4) is 0 Å². The fourth-order valence-electron chi connectivity index (χ4n) is 2.13. The third-order valence-electron chi connectivity index (χ3n) is 3.25. The van der Waals surface area contributed by atoms with Crippen molar-refractivity contribution in [2.75, 3.05) is 26.6 Å². The fraction of sp³-hybridized carbons (Fsp3) is 0.235. The maximum absolute atomic E-state index is 13.4. The Balaban J connectivity index is 2.04. The molecule has 0 aliphatic heterocycles. The summed E-state index contributed by atoms with van der Waals surface area (Å²) in [5.41, 5.74) is 1.60. The van der Waals surface area contributed by atoms with Crippen LogP contribution in [-0.2, 0) is 6.54 Å². The summed E-state index contributed by atoms with van der Waals surface area (Å²) in [6.45, 7) is 0.434. The number of aliphatic imine (C=N–C) groups is 1. The lowest BCUT2D eigenvalue weighted by Gasteiger charge is -2.14. The van der Waals surface area contributed by atoms with E-state index in [2.05, 4.69) is 31.6 Å². The zero-order valence-corrected chi connectivity index (χ0v) is 15.3. The van der Waals surface area contributed by atoms with Crippen molar-refractivity contribution in [2.24, 2.45) is 4.99 Å². The van der Waals surface area contributed by atoms with Crippen LogP contribution in [0.5, 0.6) is 11.5 Å². The zero-order valence-electron chi connectivity index (χ0n) is 13.7. The van der Waals surface area contributed by atoms with Crippen LogP contribution in [0, 0.1) is 5.82 Å². The van der Waals surface area contributed by atoms with Gasteiger partial charge in [0.1, 0.15) is 5.82 Å². The first-order chi connectivity index (χ1) is 11.5. The minimum absolute atomic E-state index is 0.288. The van der Waals surface area contributed by atoms with Gasteiger partial charge in [0.15, 0.2) is 17.5 Å². The Morgan fingerprint density at radius 3 is 2.50 bits per heavy atom. The van der Waals surface area contributed by atoms with Crippen LogP contribution in [0.1, 0.15) is 5.56 Å². The van der Waals surface area contributed by atoms with E-state index in [4.69, 9.17) is 9.47 Å². The molecule has 0 aliphatic carbocycles. The first-order valence-electron chi connectivity index (χ1n) is 7.20. The summed E-state index contributed by atoms with van der Waals surface area (Å²) < 4.78 is 24.6. The van der Waals surface area contributed by atoms with Crippen LogP contribution >= 0.6 is 15.9 Å². The van der Waals surface area contributed by atoms with E-state index in [1.54, 1.807) is 27.3 Å². The summed E-state index contributed by atoms with van der Waals surface area (Å²) in [4.78, 5) is 4.16. The number of methoxy groups -OCH3 is 2. The van der Waals surface area contributed by atoms with Gasteiger partial charge >= 0.3 is 0 Å². The molecule has 0 spiro atoms. The van der Waals surface area contributed by atoms with Gasteiger partial charge in [0, 0.05) is 29.8 Å². The number of nitrogens with zero attached hydrogens (tertiary/aromatic N) is 1.